The van der Waals surface area contributed by atoms with Crippen molar-refractivity contribution in [2.24, 2.45) is 5.92 Å². The number of aromatic nitrogens is 1. The molecule has 3 nitrogen and oxygen atoms in total. The molecule has 0 unspecified atom stereocenters. The number of hydrogen-bond acceptors (Lipinski definition) is 3. The first-order chi connectivity index (χ1) is 8.11. The highest BCUT2D eigenvalue weighted by Crippen LogP contribution is 2.09. The molecule has 0 atom stereocenters. The maximum absolute atomic E-state index is 11.7. The van der Waals surface area contributed by atoms with Crippen molar-refractivity contribution in [1.29, 1.82) is 0 Å². The van der Waals surface area contributed by atoms with Crippen LogP contribution in [0.2, 0.25) is 0 Å². The molecule has 3 heteroatoms. The number of ketones is 2. The van der Waals surface area contributed by atoms with E-state index in [-0.39, 0.29) is 17.5 Å². The van der Waals surface area contributed by atoms with Crippen molar-refractivity contribution in [3.8, 4) is 0 Å². The summed E-state index contributed by atoms with van der Waals surface area (Å²) in [6, 6.07) is 3.53. The SMILES string of the molecule is CC(C)C(=O)CCCCC(=O)c1cccnc1. The monoisotopic (exact) mass is 233 g/mol. The van der Waals surface area contributed by atoms with Gasteiger partial charge in [0, 0.05) is 36.7 Å². The van der Waals surface area contributed by atoms with Crippen molar-refractivity contribution in [3.05, 3.63) is 30.1 Å². The zero-order valence-corrected chi connectivity index (χ0v) is 10.5. The Morgan fingerprint density at radius 2 is 1.94 bits per heavy atom. The minimum atomic E-state index is 0.101. The molecule has 0 aliphatic rings. The molecule has 0 bridgehead atoms. The van der Waals surface area contributed by atoms with Gasteiger partial charge in [-0.3, -0.25) is 14.6 Å². The number of unbranched alkanes of at least 4 members (excludes halogenated alkanes) is 1. The zero-order chi connectivity index (χ0) is 12.7. The zero-order valence-electron chi connectivity index (χ0n) is 10.5. The lowest BCUT2D eigenvalue weighted by Gasteiger charge is -2.03. The van der Waals surface area contributed by atoms with E-state index in [9.17, 15) is 9.59 Å². The minimum Gasteiger partial charge on any atom is -0.299 e. The molecule has 0 radical (unpaired) electrons. The van der Waals surface area contributed by atoms with E-state index in [2.05, 4.69) is 4.98 Å². The van der Waals surface area contributed by atoms with Crippen LogP contribution < -0.4 is 0 Å². The van der Waals surface area contributed by atoms with Crippen LogP contribution in [0.4, 0.5) is 0 Å². The lowest BCUT2D eigenvalue weighted by atomic mass is 10.0. The highest BCUT2D eigenvalue weighted by atomic mass is 16.1. The summed E-state index contributed by atoms with van der Waals surface area (Å²) in [4.78, 5) is 27.0. The molecule has 0 amide bonds. The number of Topliss-reactive ketones (excluding diaryl/α,β-unsaturated/α-hetero) is 2. The Balaban J connectivity index is 2.24. The summed E-state index contributed by atoms with van der Waals surface area (Å²) in [7, 11) is 0. The van der Waals surface area contributed by atoms with Crippen LogP contribution in [0.3, 0.4) is 0 Å². The summed E-state index contributed by atoms with van der Waals surface area (Å²) in [6.07, 6.45) is 5.88. The van der Waals surface area contributed by atoms with E-state index in [1.165, 1.54) is 0 Å². The van der Waals surface area contributed by atoms with E-state index in [4.69, 9.17) is 0 Å². The van der Waals surface area contributed by atoms with E-state index >= 15 is 0 Å². The maximum atomic E-state index is 11.7. The van der Waals surface area contributed by atoms with E-state index in [0.717, 1.165) is 12.8 Å². The van der Waals surface area contributed by atoms with Gasteiger partial charge < -0.3 is 0 Å². The Kier molecular flexibility index (Phi) is 5.53. The van der Waals surface area contributed by atoms with Gasteiger partial charge in [0.25, 0.3) is 0 Å². The third kappa shape index (κ3) is 4.89. The summed E-state index contributed by atoms with van der Waals surface area (Å²) in [5, 5.41) is 0. The molecule has 1 heterocycles. The molecule has 0 aliphatic heterocycles. The fourth-order valence-corrected chi connectivity index (χ4v) is 1.55. The van der Waals surface area contributed by atoms with Crippen molar-refractivity contribution in [1.82, 2.24) is 4.98 Å². The Morgan fingerprint density at radius 3 is 2.53 bits per heavy atom. The van der Waals surface area contributed by atoms with Crippen molar-refractivity contribution in [3.63, 3.8) is 0 Å². The second kappa shape index (κ2) is 6.94. The topological polar surface area (TPSA) is 47.0 Å². The molecule has 0 aromatic carbocycles. The van der Waals surface area contributed by atoms with Gasteiger partial charge in [0.1, 0.15) is 5.78 Å². The number of pyridine rings is 1. The normalized spacial score (nSPS) is 10.5. The van der Waals surface area contributed by atoms with E-state index in [0.29, 0.717) is 18.4 Å². The quantitative estimate of drug-likeness (QED) is 0.537. The largest absolute Gasteiger partial charge is 0.299 e. The van der Waals surface area contributed by atoms with Crippen molar-refractivity contribution in [2.45, 2.75) is 39.5 Å². The van der Waals surface area contributed by atoms with Crippen LogP contribution >= 0.6 is 0 Å². The highest BCUT2D eigenvalue weighted by Gasteiger charge is 2.08. The van der Waals surface area contributed by atoms with Crippen molar-refractivity contribution in [2.75, 3.05) is 0 Å². The molecule has 1 rings (SSSR count). The van der Waals surface area contributed by atoms with Crippen LogP contribution in [0.5, 0.6) is 0 Å². The average molecular weight is 233 g/mol. The highest BCUT2D eigenvalue weighted by molar-refractivity contribution is 5.95. The summed E-state index contributed by atoms with van der Waals surface area (Å²) in [6.45, 7) is 3.81. The lowest BCUT2D eigenvalue weighted by molar-refractivity contribution is -0.122. The molecule has 92 valence electrons. The Hall–Kier alpha value is -1.51. The van der Waals surface area contributed by atoms with Crippen LogP contribution in [0.25, 0.3) is 0 Å². The first-order valence-corrected chi connectivity index (χ1v) is 6.07. The van der Waals surface area contributed by atoms with Crippen LogP contribution in [-0.4, -0.2) is 16.6 Å². The second-order valence-corrected chi connectivity index (χ2v) is 4.49. The van der Waals surface area contributed by atoms with Crippen LogP contribution in [0.15, 0.2) is 24.5 Å². The number of nitrogens with zero attached hydrogens (tertiary/aromatic N) is 1. The van der Waals surface area contributed by atoms with Gasteiger partial charge in [0.15, 0.2) is 5.78 Å². The van der Waals surface area contributed by atoms with Crippen molar-refractivity contribution >= 4 is 11.6 Å². The summed E-state index contributed by atoms with van der Waals surface area (Å²) >= 11 is 0. The second-order valence-electron chi connectivity index (χ2n) is 4.49. The van der Waals surface area contributed by atoms with Gasteiger partial charge in [-0.1, -0.05) is 13.8 Å². The van der Waals surface area contributed by atoms with E-state index in [1.807, 2.05) is 13.8 Å². The van der Waals surface area contributed by atoms with E-state index < -0.39 is 0 Å². The molecular weight excluding hydrogens is 214 g/mol. The molecule has 0 spiro atoms. The molecule has 17 heavy (non-hydrogen) atoms. The molecule has 0 aliphatic carbocycles. The van der Waals surface area contributed by atoms with Gasteiger partial charge in [0.05, 0.1) is 0 Å². The van der Waals surface area contributed by atoms with Crippen molar-refractivity contribution < 1.29 is 9.59 Å². The Morgan fingerprint density at radius 1 is 1.24 bits per heavy atom. The molecule has 1 aromatic heterocycles. The van der Waals surface area contributed by atoms with E-state index in [1.54, 1.807) is 24.5 Å². The Bertz CT molecular complexity index is 371. The number of carbonyl (C=O) groups is 2. The van der Waals surface area contributed by atoms with Gasteiger partial charge in [0.2, 0.25) is 0 Å². The number of carbonyl (C=O) groups excluding carboxylic acids is 2. The molecule has 0 saturated carbocycles. The number of rotatable bonds is 7. The molecule has 0 saturated heterocycles. The summed E-state index contributed by atoms with van der Waals surface area (Å²) in [5.74, 6) is 0.484. The molecule has 1 aromatic rings. The van der Waals surface area contributed by atoms with Gasteiger partial charge in [-0.2, -0.15) is 0 Å². The molecular formula is C14H19NO2. The number of hydrogen-bond donors (Lipinski definition) is 0. The lowest BCUT2D eigenvalue weighted by Crippen LogP contribution is -2.07. The third-order valence-electron chi connectivity index (χ3n) is 2.70. The predicted molar refractivity (Wildman–Crippen MR) is 66.9 cm³/mol. The van der Waals surface area contributed by atoms with Gasteiger partial charge in [-0.25, -0.2) is 0 Å². The summed E-state index contributed by atoms with van der Waals surface area (Å²) < 4.78 is 0. The smallest absolute Gasteiger partial charge is 0.164 e. The average Bonchev–Trinajstić information content (AvgIpc) is 2.35. The minimum absolute atomic E-state index is 0.101. The summed E-state index contributed by atoms with van der Waals surface area (Å²) in [5.41, 5.74) is 0.655. The fraction of sp³-hybridized carbons (Fsp3) is 0.500. The predicted octanol–water partition coefficient (Wildman–Crippen LogP) is 3.05. The first kappa shape index (κ1) is 13.6. The van der Waals surface area contributed by atoms with Crippen LogP contribution in [0, 0.1) is 5.92 Å². The van der Waals surface area contributed by atoms with Crippen LogP contribution in [0.1, 0.15) is 49.9 Å². The van der Waals surface area contributed by atoms with Gasteiger partial charge in [-0.15, -0.1) is 0 Å². The fourth-order valence-electron chi connectivity index (χ4n) is 1.55. The first-order valence-electron chi connectivity index (χ1n) is 6.07. The third-order valence-corrected chi connectivity index (χ3v) is 2.70. The molecule has 0 fully saturated rings. The van der Waals surface area contributed by atoms with Gasteiger partial charge >= 0.3 is 0 Å². The van der Waals surface area contributed by atoms with Crippen LogP contribution in [-0.2, 0) is 4.79 Å². The maximum Gasteiger partial charge on any atom is 0.164 e. The Labute approximate surface area is 102 Å². The standard InChI is InChI=1S/C14H19NO2/c1-11(2)13(16)7-3-4-8-14(17)12-6-5-9-15-10-12/h5-6,9-11H,3-4,7-8H2,1-2H3. The molecule has 0 N–H and O–H groups in total. The van der Waals surface area contributed by atoms with Gasteiger partial charge in [-0.05, 0) is 25.0 Å².